The van der Waals surface area contributed by atoms with Gasteiger partial charge in [0.15, 0.2) is 0 Å². The Kier molecular flexibility index (Phi) is 2.93. The van der Waals surface area contributed by atoms with Gasteiger partial charge in [0.2, 0.25) is 0 Å². The number of anilines is 2. The molecule has 2 atom stereocenters. The van der Waals surface area contributed by atoms with E-state index in [2.05, 4.69) is 41.4 Å². The van der Waals surface area contributed by atoms with Gasteiger partial charge < -0.3 is 15.0 Å². The Morgan fingerprint density at radius 1 is 1.35 bits per heavy atom. The molecule has 0 amide bonds. The van der Waals surface area contributed by atoms with E-state index in [1.165, 1.54) is 24.2 Å². The first-order valence-electron chi connectivity index (χ1n) is 6.56. The summed E-state index contributed by atoms with van der Waals surface area (Å²) in [5, 5.41) is 3.44. The van der Waals surface area contributed by atoms with Crippen molar-refractivity contribution in [1.82, 2.24) is 0 Å². The van der Waals surface area contributed by atoms with Gasteiger partial charge in [-0.3, -0.25) is 0 Å². The molecular weight excluding hydrogens is 212 g/mol. The van der Waals surface area contributed by atoms with Gasteiger partial charge in [-0.1, -0.05) is 12.1 Å². The molecule has 1 N–H and O–H groups in total. The summed E-state index contributed by atoms with van der Waals surface area (Å²) in [5.41, 5.74) is 2.58. The predicted octanol–water partition coefficient (Wildman–Crippen LogP) is 2.49. The molecule has 1 saturated heterocycles. The first-order chi connectivity index (χ1) is 8.33. The molecule has 1 aromatic carbocycles. The summed E-state index contributed by atoms with van der Waals surface area (Å²) in [4.78, 5) is 2.45. The Balaban J connectivity index is 1.72. The fraction of sp³-hybridized carbons (Fsp3) is 0.571. The molecule has 1 aromatic rings. The van der Waals surface area contributed by atoms with Crippen LogP contribution in [0.2, 0.25) is 0 Å². The zero-order chi connectivity index (χ0) is 11.7. The van der Waals surface area contributed by atoms with Gasteiger partial charge in [-0.2, -0.15) is 0 Å². The second kappa shape index (κ2) is 4.57. The zero-order valence-electron chi connectivity index (χ0n) is 10.4. The summed E-state index contributed by atoms with van der Waals surface area (Å²) in [6.45, 7) is 5.30. The molecule has 0 saturated carbocycles. The fourth-order valence-corrected chi connectivity index (χ4v) is 2.80. The van der Waals surface area contributed by atoms with Crippen molar-refractivity contribution >= 4 is 11.4 Å². The van der Waals surface area contributed by atoms with Crippen LogP contribution < -0.4 is 10.2 Å². The highest BCUT2D eigenvalue weighted by Gasteiger charge is 2.25. The molecule has 92 valence electrons. The highest BCUT2D eigenvalue weighted by Crippen LogP contribution is 2.30. The molecule has 0 radical (unpaired) electrons. The van der Waals surface area contributed by atoms with E-state index in [0.717, 1.165) is 19.6 Å². The fourth-order valence-electron chi connectivity index (χ4n) is 2.80. The van der Waals surface area contributed by atoms with Crippen molar-refractivity contribution in [2.75, 3.05) is 29.9 Å². The molecule has 0 aromatic heterocycles. The lowest BCUT2D eigenvalue weighted by atomic mass is 10.1. The molecular formula is C14H20N2O. The quantitative estimate of drug-likeness (QED) is 0.848. The molecule has 2 aliphatic heterocycles. The predicted molar refractivity (Wildman–Crippen MR) is 70.7 cm³/mol. The van der Waals surface area contributed by atoms with Crippen LogP contribution >= 0.6 is 0 Å². The monoisotopic (exact) mass is 232 g/mol. The lowest BCUT2D eigenvalue weighted by molar-refractivity contribution is 0.0600. The second-order valence-corrected chi connectivity index (χ2v) is 5.04. The first-order valence-corrected chi connectivity index (χ1v) is 6.56. The molecule has 3 heteroatoms. The highest BCUT2D eigenvalue weighted by molar-refractivity contribution is 5.71. The lowest BCUT2D eigenvalue weighted by Gasteiger charge is -2.33. The van der Waals surface area contributed by atoms with Crippen molar-refractivity contribution in [2.24, 2.45) is 0 Å². The lowest BCUT2D eigenvalue weighted by Crippen LogP contribution is -2.39. The summed E-state index contributed by atoms with van der Waals surface area (Å²) in [5.74, 6) is 0. The van der Waals surface area contributed by atoms with E-state index in [0.29, 0.717) is 12.2 Å². The van der Waals surface area contributed by atoms with E-state index >= 15 is 0 Å². The van der Waals surface area contributed by atoms with Gasteiger partial charge in [-0.05, 0) is 31.9 Å². The Morgan fingerprint density at radius 2 is 2.24 bits per heavy atom. The summed E-state index contributed by atoms with van der Waals surface area (Å²) < 4.78 is 5.92. The molecule has 2 aliphatic rings. The number of benzene rings is 1. The third-order valence-electron chi connectivity index (χ3n) is 3.69. The first kappa shape index (κ1) is 10.9. The van der Waals surface area contributed by atoms with Crippen LogP contribution in [0.5, 0.6) is 0 Å². The van der Waals surface area contributed by atoms with Crippen LogP contribution in [0.3, 0.4) is 0 Å². The van der Waals surface area contributed by atoms with Crippen LogP contribution in [0.15, 0.2) is 24.3 Å². The number of ether oxygens (including phenoxy) is 1. The number of hydrogen-bond donors (Lipinski definition) is 1. The van der Waals surface area contributed by atoms with Crippen molar-refractivity contribution in [2.45, 2.75) is 32.0 Å². The zero-order valence-corrected chi connectivity index (χ0v) is 10.4. The summed E-state index contributed by atoms with van der Waals surface area (Å²) >= 11 is 0. The van der Waals surface area contributed by atoms with Crippen molar-refractivity contribution in [1.29, 1.82) is 0 Å². The minimum absolute atomic E-state index is 0.413. The van der Waals surface area contributed by atoms with Gasteiger partial charge in [0.1, 0.15) is 0 Å². The van der Waals surface area contributed by atoms with Crippen LogP contribution in [0, 0.1) is 0 Å². The van der Waals surface area contributed by atoms with Crippen LogP contribution in [-0.4, -0.2) is 31.8 Å². The van der Waals surface area contributed by atoms with Crippen molar-refractivity contribution in [3.05, 3.63) is 24.3 Å². The van der Waals surface area contributed by atoms with E-state index in [4.69, 9.17) is 4.74 Å². The highest BCUT2D eigenvalue weighted by atomic mass is 16.5. The minimum atomic E-state index is 0.413. The summed E-state index contributed by atoms with van der Waals surface area (Å²) in [7, 11) is 0. The summed E-state index contributed by atoms with van der Waals surface area (Å²) in [6.07, 6.45) is 3.26. The Morgan fingerprint density at radius 3 is 3.06 bits per heavy atom. The van der Waals surface area contributed by atoms with Crippen LogP contribution in [0.25, 0.3) is 0 Å². The van der Waals surface area contributed by atoms with Gasteiger partial charge >= 0.3 is 0 Å². The van der Waals surface area contributed by atoms with Crippen LogP contribution in [0.1, 0.15) is 19.8 Å². The van der Waals surface area contributed by atoms with Crippen molar-refractivity contribution in [3.63, 3.8) is 0 Å². The molecule has 3 nitrogen and oxygen atoms in total. The van der Waals surface area contributed by atoms with Crippen molar-refractivity contribution < 1.29 is 4.74 Å². The summed E-state index contributed by atoms with van der Waals surface area (Å²) in [6, 6.07) is 8.54. The van der Waals surface area contributed by atoms with Crippen molar-refractivity contribution in [3.8, 4) is 0 Å². The maximum absolute atomic E-state index is 5.92. The number of nitrogens with one attached hydrogen (secondary N) is 1. The van der Waals surface area contributed by atoms with Gasteiger partial charge in [0, 0.05) is 19.6 Å². The molecule has 2 heterocycles. The number of hydrogen-bond acceptors (Lipinski definition) is 3. The maximum atomic E-state index is 5.92. The van der Waals surface area contributed by atoms with Gasteiger partial charge in [0.25, 0.3) is 0 Å². The Bertz CT molecular complexity index is 394. The van der Waals surface area contributed by atoms with Gasteiger partial charge in [-0.25, -0.2) is 0 Å². The molecule has 3 rings (SSSR count). The molecule has 0 aliphatic carbocycles. The van der Waals surface area contributed by atoms with Gasteiger partial charge in [0.05, 0.1) is 23.6 Å². The van der Waals surface area contributed by atoms with E-state index < -0.39 is 0 Å². The number of fused-ring (bicyclic) bond motifs is 1. The third kappa shape index (κ3) is 2.25. The maximum Gasteiger partial charge on any atom is 0.0754 e. The Hall–Kier alpha value is -1.22. The average molecular weight is 232 g/mol. The normalized spacial score (nSPS) is 27.7. The molecule has 1 fully saturated rings. The topological polar surface area (TPSA) is 24.5 Å². The molecule has 0 spiro atoms. The number of nitrogens with zero attached hydrogens (tertiary/aromatic N) is 1. The number of rotatable bonds is 2. The Labute approximate surface area is 103 Å². The van der Waals surface area contributed by atoms with Gasteiger partial charge in [-0.15, -0.1) is 0 Å². The van der Waals surface area contributed by atoms with E-state index in [1.807, 2.05) is 0 Å². The molecule has 2 unspecified atom stereocenters. The number of para-hydroxylation sites is 2. The minimum Gasteiger partial charge on any atom is -0.382 e. The molecule has 0 bridgehead atoms. The molecule has 17 heavy (non-hydrogen) atoms. The standard InChI is InChI=1S/C14H20N2O/c1-11-6-7-12(17-11)10-16-9-8-15-13-4-2-3-5-14(13)16/h2-5,11-12,15H,6-10H2,1H3. The average Bonchev–Trinajstić information content (AvgIpc) is 2.75. The van der Waals surface area contributed by atoms with E-state index in [-0.39, 0.29) is 0 Å². The van der Waals surface area contributed by atoms with E-state index in [9.17, 15) is 0 Å². The third-order valence-corrected chi connectivity index (χ3v) is 3.69. The van der Waals surface area contributed by atoms with Crippen LogP contribution in [0.4, 0.5) is 11.4 Å². The largest absolute Gasteiger partial charge is 0.382 e. The SMILES string of the molecule is CC1CCC(CN2CCNc3ccccc32)O1. The smallest absolute Gasteiger partial charge is 0.0754 e. The van der Waals surface area contributed by atoms with E-state index in [1.54, 1.807) is 0 Å². The second-order valence-electron chi connectivity index (χ2n) is 5.04. The van der Waals surface area contributed by atoms with Crippen LogP contribution in [-0.2, 0) is 4.74 Å².